The molecule has 0 amide bonds. The molecule has 0 bridgehead atoms. The molecule has 3 fully saturated rings. The Morgan fingerprint density at radius 3 is 1.08 bits per heavy atom. The zero-order chi connectivity index (χ0) is 70.4. The maximum atomic E-state index is 10.5. The van der Waals surface area contributed by atoms with Crippen LogP contribution in [-0.2, 0) is 66.4 Å². The van der Waals surface area contributed by atoms with Crippen molar-refractivity contribution in [3.8, 4) is 0 Å². The molecule has 0 aromatic heterocycles. The Kier molecular flexibility index (Phi) is 105. The minimum Gasteiger partial charge on any atom is -0.593 e. The summed E-state index contributed by atoms with van der Waals surface area (Å²) in [6.45, 7) is 59.1. The van der Waals surface area contributed by atoms with Crippen molar-refractivity contribution in [2.45, 2.75) is 341 Å². The second-order valence-corrected chi connectivity index (χ2v) is 34.0. The predicted molar refractivity (Wildman–Crippen MR) is 496 cm³/mol. The van der Waals surface area contributed by atoms with Crippen LogP contribution in [0.5, 0.6) is 0 Å². The van der Waals surface area contributed by atoms with E-state index < -0.39 is 21.3 Å². The summed E-state index contributed by atoms with van der Waals surface area (Å²) in [5.41, 5.74) is 7.06. The number of fused-ring (bicyclic) bond motifs is 5. The Hall–Kier alpha value is 0.190. The summed E-state index contributed by atoms with van der Waals surface area (Å²) in [6.07, 6.45) is 19.9. The fourth-order valence-corrected chi connectivity index (χ4v) is 11.3. The Balaban J connectivity index is -0.0000000438. The number of hydrogen-bond acceptors (Lipinski definition) is 17. The first kappa shape index (κ1) is 155. The lowest BCUT2D eigenvalue weighted by Crippen LogP contribution is -2.50. The molecule has 0 aromatic carbocycles. The Morgan fingerprint density at radius 1 is 0.549 bits per heavy atom. The molecule has 4 aliphatic rings. The zero-order valence-corrected chi connectivity index (χ0v) is 80.1. The molecule has 0 spiro atoms. The standard InChI is InChI=1S/C28H48.5C6H12O2.C5H11N3O2.C2H8O4S.C2H6.3CH4.12H2S/c1-19(2)8-7-9-21(4)24-12-13-25-23-11-10-22-18-20(3)14-16-27(22,5)26(23)15-17-28(24,25)6;5*1-5(7)8-6(2,3)4;1-5(2,3)10-4(9)7-8-6;1-7(2,4,5)6-3;1-2;;;;;;;;;;;;;;;/h10,19-21,23-26H,7-9,11-18H2,1-6H3;5*1-4H3;1-3H3,(H2,6,7,9);3H,1-2H3,(H,4,5);1-2H3;3*1H4;12*1H2/p-1. The summed E-state index contributed by atoms with van der Waals surface area (Å²) in [7, 11) is -4.06. The van der Waals surface area contributed by atoms with Crippen molar-refractivity contribution in [3.63, 3.8) is 0 Å². The highest BCUT2D eigenvalue weighted by Crippen LogP contribution is 2.67. The molecule has 0 radical (unpaired) electrons. The van der Waals surface area contributed by atoms with Gasteiger partial charge in [-0.15, -0.1) is 9.44 Å². The number of carbonyl (C=O) groups excluding carboxylic acids is 5. The van der Waals surface area contributed by atoms with Gasteiger partial charge in [0.2, 0.25) is 0 Å². The van der Waals surface area contributed by atoms with Gasteiger partial charge in [0.1, 0.15) is 37.6 Å². The van der Waals surface area contributed by atoms with Crippen molar-refractivity contribution in [2.75, 3.05) is 12.5 Å². The molecule has 0 saturated heterocycles. The average Bonchev–Trinajstić information content (AvgIpc) is 3.61. The largest absolute Gasteiger partial charge is 0.593 e. The van der Waals surface area contributed by atoms with E-state index in [4.69, 9.17) is 39.0 Å². The number of esters is 5. The van der Waals surface area contributed by atoms with Crippen LogP contribution in [0.2, 0.25) is 0 Å². The van der Waals surface area contributed by atoms with Gasteiger partial charge in [-0.2, -0.15) is 167 Å². The summed E-state index contributed by atoms with van der Waals surface area (Å²) in [5, 5.41) is 23.5. The molecule has 19 nitrogen and oxygen atoms in total. The highest BCUT2D eigenvalue weighted by Gasteiger charge is 2.59. The number of nitrogens with zero attached hydrogens (tertiary/aromatic N) is 2. The van der Waals surface area contributed by atoms with E-state index in [1.807, 2.05) is 123 Å². The van der Waals surface area contributed by atoms with Crippen molar-refractivity contribution in [1.82, 2.24) is 0 Å². The average molecular weight is 1720 g/mol. The third-order valence-electron chi connectivity index (χ3n) is 13.5. The highest BCUT2D eigenvalue weighted by molar-refractivity contribution is 8.09. The van der Waals surface area contributed by atoms with Gasteiger partial charge in [-0.1, -0.05) is 135 Å². The number of hydrogen-bond donors (Lipinski definition) is 3. The molecule has 102 heavy (non-hydrogen) atoms. The summed E-state index contributed by atoms with van der Waals surface area (Å²) < 4.78 is 50.5. The summed E-state index contributed by atoms with van der Waals surface area (Å²) >= 11 is 0. The quantitative estimate of drug-likeness (QED) is 0.0312. The van der Waals surface area contributed by atoms with E-state index in [-0.39, 0.29) is 242 Å². The third-order valence-corrected chi connectivity index (χ3v) is 14.0. The minimum atomic E-state index is -4.06. The van der Waals surface area contributed by atoms with E-state index >= 15 is 0 Å². The van der Waals surface area contributed by atoms with E-state index in [2.05, 4.69) is 67.0 Å². The molecule has 0 heterocycles. The number of carbonyl (C=O) groups is 5. The van der Waals surface area contributed by atoms with E-state index in [1.54, 1.807) is 20.8 Å². The van der Waals surface area contributed by atoms with Crippen molar-refractivity contribution in [2.24, 2.45) is 62.6 Å². The molecule has 0 aromatic rings. The van der Waals surface area contributed by atoms with Crippen LogP contribution in [0.4, 0.5) is 0 Å². The first-order valence-electron chi connectivity index (χ1n) is 31.3. The molecular weight excluding hydrogens is 1560 g/mol. The highest BCUT2D eigenvalue weighted by atomic mass is 32.3. The Morgan fingerprint density at radius 2 is 0.843 bits per heavy atom. The van der Waals surface area contributed by atoms with Crippen LogP contribution in [0.15, 0.2) is 22.0 Å². The van der Waals surface area contributed by atoms with Gasteiger partial charge < -0.3 is 38.1 Å². The SMILES string of the molecule is C.C.C.CC.CC(=O)OC(C)(C)C.CC(=O)OC(C)(C)C.CC(=O)OC(C)(C)C.CC(=O)OC(C)(C)C.CC(=O)OC(C)(C)C.CC(C)(C)OC([O-])=NN=N.CC(C)CCCC(C)C1CCC2C3CC=C4CC(C)CCC4(C)C3CCC12C.CS(C)(=O)(O)OO.S.S.S.S.S.S.S.S.S.S.S.S. The van der Waals surface area contributed by atoms with Crippen molar-refractivity contribution in [3.05, 3.63) is 11.6 Å². The van der Waals surface area contributed by atoms with E-state index in [0.717, 1.165) is 53.9 Å². The molecule has 4 rings (SSSR count). The van der Waals surface area contributed by atoms with Gasteiger partial charge >= 0.3 is 29.8 Å². The fraction of sp³-hybridized carbons (Fsp3) is 0.886. The first-order valence-corrected chi connectivity index (χ1v) is 34.0. The molecule has 8 unspecified atom stereocenters. The maximum absolute atomic E-state index is 10.5. The number of rotatable bonds is 7. The smallest absolute Gasteiger partial charge is 0.303 e. The molecule has 638 valence electrons. The normalized spacial score (nSPS) is 19.6. The van der Waals surface area contributed by atoms with E-state index in [0.29, 0.717) is 10.8 Å². The lowest BCUT2D eigenvalue weighted by molar-refractivity contribution is -0.260. The third kappa shape index (κ3) is 89.1. The van der Waals surface area contributed by atoms with E-state index in [1.165, 1.54) is 105 Å². The van der Waals surface area contributed by atoms with Gasteiger partial charge in [-0.25, -0.2) is 9.47 Å². The van der Waals surface area contributed by atoms with Gasteiger partial charge in [0.25, 0.3) is 0 Å². The lowest BCUT2D eigenvalue weighted by Gasteiger charge is -2.58. The fourth-order valence-electron chi connectivity index (χ4n) is 11.3. The van der Waals surface area contributed by atoms with Crippen LogP contribution in [0.3, 0.4) is 0 Å². The zero-order valence-electron chi connectivity index (χ0n) is 67.3. The first-order chi connectivity index (χ1) is 38.6. The van der Waals surface area contributed by atoms with Crippen molar-refractivity contribution < 1.29 is 75.9 Å². The van der Waals surface area contributed by atoms with Gasteiger partial charge in [-0.05, 0) is 207 Å². The molecule has 0 aliphatic heterocycles. The monoisotopic (exact) mass is 1720 g/mol. The minimum absolute atomic E-state index is 0. The second kappa shape index (κ2) is 69.2. The Labute approximate surface area is 710 Å². The van der Waals surface area contributed by atoms with Crippen LogP contribution >= 0.6 is 162 Å². The van der Waals surface area contributed by atoms with Crippen LogP contribution < -0.4 is 5.11 Å². The molecule has 3 N–H and O–H groups in total. The van der Waals surface area contributed by atoms with Crippen molar-refractivity contribution in [1.29, 1.82) is 5.53 Å². The maximum Gasteiger partial charge on any atom is 0.303 e. The second-order valence-electron chi connectivity index (χ2n) is 30.6. The number of ether oxygens (including phenoxy) is 6. The summed E-state index contributed by atoms with van der Waals surface area (Å²) in [4.78, 5) is 51.2. The van der Waals surface area contributed by atoms with Crippen LogP contribution in [-0.4, -0.2) is 96.1 Å². The number of allylic oxidation sites excluding steroid dienone is 2. The van der Waals surface area contributed by atoms with Gasteiger partial charge in [-0.3, -0.25) is 24.0 Å². The predicted octanol–water partition coefficient (Wildman–Crippen LogP) is 20.1. The molecule has 3 saturated carbocycles. The lowest BCUT2D eigenvalue weighted by atomic mass is 9.46. The number of nitrogens with one attached hydrogen (secondary N) is 1. The molecular formula is C70H168N3O16S13-. The summed E-state index contributed by atoms with van der Waals surface area (Å²) in [5.74, 6) is 5.60. The van der Waals surface area contributed by atoms with Gasteiger partial charge in [0.15, 0.2) is 6.08 Å². The molecule has 8 atom stereocenters. The van der Waals surface area contributed by atoms with Gasteiger partial charge in [0, 0.05) is 52.7 Å². The van der Waals surface area contributed by atoms with Gasteiger partial charge in [0.05, 0.1) is 0 Å². The van der Waals surface area contributed by atoms with Crippen LogP contribution in [0.1, 0.15) is 308 Å². The Bertz CT molecular complexity index is 2050. The molecule has 4 aliphatic carbocycles. The topological polar surface area (TPSA) is 279 Å². The van der Waals surface area contributed by atoms with Crippen molar-refractivity contribution >= 4 is 208 Å². The summed E-state index contributed by atoms with van der Waals surface area (Å²) in [6, 6.07) is 0. The van der Waals surface area contributed by atoms with E-state index in [9.17, 15) is 33.3 Å². The molecule has 32 heteroatoms. The van der Waals surface area contributed by atoms with Crippen LogP contribution in [0.25, 0.3) is 0 Å². The van der Waals surface area contributed by atoms with Crippen LogP contribution in [0, 0.1) is 57.8 Å².